The molecule has 0 bridgehead atoms. The molecule has 6 nitrogen and oxygen atoms in total. The second kappa shape index (κ2) is 9.22. The summed E-state index contributed by atoms with van der Waals surface area (Å²) in [5.41, 5.74) is 2.71. The van der Waals surface area contributed by atoms with Crippen molar-refractivity contribution in [3.8, 4) is 5.75 Å². The lowest BCUT2D eigenvalue weighted by Crippen LogP contribution is -2.43. The first-order chi connectivity index (χ1) is 14.2. The van der Waals surface area contributed by atoms with Crippen molar-refractivity contribution in [2.75, 3.05) is 38.1 Å². The summed E-state index contributed by atoms with van der Waals surface area (Å²) >= 11 is 5.84. The van der Waals surface area contributed by atoms with Gasteiger partial charge in [-0.2, -0.15) is 0 Å². The van der Waals surface area contributed by atoms with Crippen LogP contribution in [0.15, 0.2) is 54.6 Å². The minimum atomic E-state index is -0.220. The SMILES string of the molecule is O=C(COc1ccc(Cl)cc1)Nc1ccc2nc(CN3CCNCC3)ccc2c1. The van der Waals surface area contributed by atoms with Gasteiger partial charge in [0.25, 0.3) is 5.91 Å². The minimum absolute atomic E-state index is 0.0679. The van der Waals surface area contributed by atoms with Gasteiger partial charge in [-0.05, 0) is 48.5 Å². The van der Waals surface area contributed by atoms with Crippen molar-refractivity contribution in [3.63, 3.8) is 0 Å². The average Bonchev–Trinajstić information content (AvgIpc) is 2.74. The maximum Gasteiger partial charge on any atom is 0.262 e. The number of hydrogen-bond donors (Lipinski definition) is 2. The van der Waals surface area contributed by atoms with Crippen LogP contribution in [0.2, 0.25) is 5.02 Å². The maximum absolute atomic E-state index is 12.2. The van der Waals surface area contributed by atoms with Crippen molar-refractivity contribution < 1.29 is 9.53 Å². The molecule has 3 aromatic rings. The highest BCUT2D eigenvalue weighted by Crippen LogP contribution is 2.19. The third-order valence-electron chi connectivity index (χ3n) is 4.81. The Morgan fingerprint density at radius 3 is 2.69 bits per heavy atom. The number of nitrogens with zero attached hydrogens (tertiary/aromatic N) is 2. The number of benzene rings is 2. The Balaban J connectivity index is 1.36. The Morgan fingerprint density at radius 1 is 1.10 bits per heavy atom. The Morgan fingerprint density at radius 2 is 1.90 bits per heavy atom. The number of amides is 1. The van der Waals surface area contributed by atoms with Crippen molar-refractivity contribution >= 4 is 34.1 Å². The molecule has 1 saturated heterocycles. The molecule has 7 heteroatoms. The van der Waals surface area contributed by atoms with Gasteiger partial charge in [0.05, 0.1) is 11.2 Å². The van der Waals surface area contributed by atoms with Crippen LogP contribution < -0.4 is 15.4 Å². The van der Waals surface area contributed by atoms with E-state index in [0.29, 0.717) is 10.8 Å². The van der Waals surface area contributed by atoms with Crippen LogP contribution in [0.1, 0.15) is 5.69 Å². The van der Waals surface area contributed by atoms with E-state index in [4.69, 9.17) is 21.3 Å². The van der Waals surface area contributed by atoms with Gasteiger partial charge in [-0.1, -0.05) is 17.7 Å². The number of halogens is 1. The lowest BCUT2D eigenvalue weighted by molar-refractivity contribution is -0.118. The summed E-state index contributed by atoms with van der Waals surface area (Å²) in [7, 11) is 0. The molecule has 1 aliphatic rings. The molecule has 0 atom stereocenters. The van der Waals surface area contributed by atoms with Crippen molar-refractivity contribution in [2.45, 2.75) is 6.54 Å². The van der Waals surface area contributed by atoms with Crippen LogP contribution in [-0.2, 0) is 11.3 Å². The van der Waals surface area contributed by atoms with Crippen LogP contribution in [0, 0.1) is 0 Å². The predicted molar refractivity (Wildman–Crippen MR) is 115 cm³/mol. The van der Waals surface area contributed by atoms with E-state index in [1.54, 1.807) is 24.3 Å². The third-order valence-corrected chi connectivity index (χ3v) is 5.06. The van der Waals surface area contributed by atoms with Crippen molar-refractivity contribution in [2.24, 2.45) is 0 Å². The zero-order chi connectivity index (χ0) is 20.1. The summed E-state index contributed by atoms with van der Waals surface area (Å²) in [6.07, 6.45) is 0. The zero-order valence-electron chi connectivity index (χ0n) is 16.0. The van der Waals surface area contributed by atoms with E-state index in [-0.39, 0.29) is 12.5 Å². The second-order valence-electron chi connectivity index (χ2n) is 7.03. The molecular weight excluding hydrogens is 388 g/mol. The first-order valence-corrected chi connectivity index (χ1v) is 10.0. The molecule has 1 amide bonds. The standard InChI is InChI=1S/C22H23ClN4O2/c23-17-2-6-20(7-3-17)29-15-22(28)26-18-5-8-21-16(13-18)1-4-19(25-21)14-27-11-9-24-10-12-27/h1-8,13,24H,9-12,14-15H2,(H,26,28). The maximum atomic E-state index is 12.2. The van der Waals surface area contributed by atoms with Gasteiger partial charge in [-0.3, -0.25) is 14.7 Å². The van der Waals surface area contributed by atoms with E-state index in [1.807, 2.05) is 18.2 Å². The van der Waals surface area contributed by atoms with E-state index in [1.165, 1.54) is 0 Å². The number of nitrogens with one attached hydrogen (secondary N) is 2. The average molecular weight is 411 g/mol. The summed E-state index contributed by atoms with van der Waals surface area (Å²) in [5.74, 6) is 0.381. The molecule has 4 rings (SSSR count). The van der Waals surface area contributed by atoms with Crippen LogP contribution >= 0.6 is 11.6 Å². The molecule has 0 saturated carbocycles. The van der Waals surface area contributed by atoms with Crippen LogP contribution in [0.5, 0.6) is 5.75 Å². The van der Waals surface area contributed by atoms with Gasteiger partial charge >= 0.3 is 0 Å². The fraction of sp³-hybridized carbons (Fsp3) is 0.273. The molecule has 0 spiro atoms. The smallest absolute Gasteiger partial charge is 0.262 e. The number of carbonyl (C=O) groups excluding carboxylic acids is 1. The van der Waals surface area contributed by atoms with Crippen molar-refractivity contribution in [1.29, 1.82) is 0 Å². The molecule has 0 aliphatic carbocycles. The lowest BCUT2D eigenvalue weighted by Gasteiger charge is -2.26. The molecular formula is C22H23ClN4O2. The highest BCUT2D eigenvalue weighted by Gasteiger charge is 2.11. The number of hydrogen-bond acceptors (Lipinski definition) is 5. The minimum Gasteiger partial charge on any atom is -0.484 e. The number of piperazine rings is 1. The molecule has 2 N–H and O–H groups in total. The van der Waals surface area contributed by atoms with Crippen LogP contribution in [-0.4, -0.2) is 48.6 Å². The Kier molecular flexibility index (Phi) is 6.24. The summed E-state index contributed by atoms with van der Waals surface area (Å²) in [6, 6.07) is 16.8. The van der Waals surface area contributed by atoms with Crippen molar-refractivity contribution in [3.05, 3.63) is 65.3 Å². The number of ether oxygens (including phenoxy) is 1. The largest absolute Gasteiger partial charge is 0.484 e. The van der Waals surface area contributed by atoms with E-state index < -0.39 is 0 Å². The normalized spacial score (nSPS) is 14.7. The number of pyridine rings is 1. The molecule has 150 valence electrons. The predicted octanol–water partition coefficient (Wildman–Crippen LogP) is 3.31. The molecule has 1 aliphatic heterocycles. The first-order valence-electron chi connectivity index (χ1n) is 9.67. The van der Waals surface area contributed by atoms with E-state index in [0.717, 1.165) is 55.0 Å². The molecule has 1 aromatic heterocycles. The number of carbonyl (C=O) groups is 1. The highest BCUT2D eigenvalue weighted by molar-refractivity contribution is 6.30. The number of aromatic nitrogens is 1. The molecule has 2 heterocycles. The van der Waals surface area contributed by atoms with E-state index in [9.17, 15) is 4.79 Å². The van der Waals surface area contributed by atoms with Gasteiger partial charge in [0.15, 0.2) is 6.61 Å². The highest BCUT2D eigenvalue weighted by atomic mass is 35.5. The first kappa shape index (κ1) is 19.6. The zero-order valence-corrected chi connectivity index (χ0v) is 16.8. The topological polar surface area (TPSA) is 66.5 Å². The third kappa shape index (κ3) is 5.44. The number of anilines is 1. The summed E-state index contributed by atoms with van der Waals surface area (Å²) < 4.78 is 5.48. The van der Waals surface area contributed by atoms with Gasteiger partial charge < -0.3 is 15.4 Å². The van der Waals surface area contributed by atoms with Crippen LogP contribution in [0.3, 0.4) is 0 Å². The summed E-state index contributed by atoms with van der Waals surface area (Å²) in [5, 5.41) is 7.84. The number of fused-ring (bicyclic) bond motifs is 1. The molecule has 1 fully saturated rings. The Labute approximate surface area is 174 Å². The van der Waals surface area contributed by atoms with Gasteiger partial charge in [-0.25, -0.2) is 0 Å². The monoisotopic (exact) mass is 410 g/mol. The molecule has 0 radical (unpaired) electrons. The molecule has 2 aromatic carbocycles. The van der Waals surface area contributed by atoms with Crippen molar-refractivity contribution in [1.82, 2.24) is 15.2 Å². The van der Waals surface area contributed by atoms with Gasteiger partial charge in [0.1, 0.15) is 5.75 Å². The summed E-state index contributed by atoms with van der Waals surface area (Å²) in [6.45, 7) is 4.93. The fourth-order valence-electron chi connectivity index (χ4n) is 3.31. The van der Waals surface area contributed by atoms with Gasteiger partial charge in [0, 0.05) is 48.8 Å². The molecule has 29 heavy (non-hydrogen) atoms. The molecule has 0 unspecified atom stereocenters. The van der Waals surface area contributed by atoms with Crippen LogP contribution in [0.25, 0.3) is 10.9 Å². The lowest BCUT2D eigenvalue weighted by atomic mass is 10.1. The second-order valence-corrected chi connectivity index (χ2v) is 7.46. The van der Waals surface area contributed by atoms with Gasteiger partial charge in [0.2, 0.25) is 0 Å². The van der Waals surface area contributed by atoms with Gasteiger partial charge in [-0.15, -0.1) is 0 Å². The Hall–Kier alpha value is -2.67. The Bertz CT molecular complexity index is 988. The fourth-order valence-corrected chi connectivity index (χ4v) is 3.43. The summed E-state index contributed by atoms with van der Waals surface area (Å²) in [4.78, 5) is 19.3. The number of rotatable bonds is 6. The van der Waals surface area contributed by atoms with E-state index >= 15 is 0 Å². The van der Waals surface area contributed by atoms with Crippen LogP contribution in [0.4, 0.5) is 5.69 Å². The van der Waals surface area contributed by atoms with E-state index in [2.05, 4.69) is 27.7 Å². The quantitative estimate of drug-likeness (QED) is 0.652.